The number of piperidine rings is 1. The fraction of sp³-hybridized carbons (Fsp3) is 0.706. The Labute approximate surface area is 138 Å². The number of likely N-dealkylation sites (tertiary alicyclic amines) is 1. The predicted molar refractivity (Wildman–Crippen MR) is 89.2 cm³/mol. The van der Waals surface area contributed by atoms with E-state index in [0.717, 1.165) is 25.0 Å². The number of aliphatic hydroxyl groups is 1. The normalized spacial score (nSPS) is 18.9. The highest BCUT2D eigenvalue weighted by molar-refractivity contribution is 5.74. The monoisotopic (exact) mass is 323 g/mol. The summed E-state index contributed by atoms with van der Waals surface area (Å²) in [4.78, 5) is 16.3. The third kappa shape index (κ3) is 4.26. The van der Waals surface area contributed by atoms with Crippen LogP contribution in [0.5, 0.6) is 0 Å². The SMILES string of the molecule is CCC1(CO)CCN(C(=O)NCC(c2ccco2)N(C)C)CC1. The second-order valence-electron chi connectivity index (χ2n) is 6.68. The van der Waals surface area contributed by atoms with Gasteiger partial charge in [-0.3, -0.25) is 4.90 Å². The Morgan fingerprint density at radius 3 is 2.65 bits per heavy atom. The zero-order valence-corrected chi connectivity index (χ0v) is 14.4. The number of carbonyl (C=O) groups excluding carboxylic acids is 1. The molecule has 130 valence electrons. The van der Waals surface area contributed by atoms with Crippen molar-refractivity contribution >= 4 is 6.03 Å². The summed E-state index contributed by atoms with van der Waals surface area (Å²) in [7, 11) is 3.94. The van der Waals surface area contributed by atoms with Gasteiger partial charge >= 0.3 is 6.03 Å². The Bertz CT molecular complexity index is 473. The van der Waals surface area contributed by atoms with E-state index in [-0.39, 0.29) is 24.1 Å². The van der Waals surface area contributed by atoms with E-state index in [9.17, 15) is 9.90 Å². The molecular formula is C17H29N3O3. The van der Waals surface area contributed by atoms with Crippen molar-refractivity contribution in [1.29, 1.82) is 0 Å². The lowest BCUT2D eigenvalue weighted by molar-refractivity contribution is 0.0516. The molecule has 0 aromatic carbocycles. The molecule has 1 aliphatic heterocycles. The van der Waals surface area contributed by atoms with Gasteiger partial charge in [-0.15, -0.1) is 0 Å². The summed E-state index contributed by atoms with van der Waals surface area (Å²) in [6, 6.07) is 3.77. The standard InChI is InChI=1S/C17H29N3O3/c1-4-17(13-21)7-9-20(10-8-17)16(22)18-12-14(19(2)3)15-6-5-11-23-15/h5-6,11,14,21H,4,7-10,12-13H2,1-3H3,(H,18,22). The van der Waals surface area contributed by atoms with Gasteiger partial charge in [0.15, 0.2) is 0 Å². The average Bonchev–Trinajstić information content (AvgIpc) is 3.09. The van der Waals surface area contributed by atoms with Gasteiger partial charge in [0.1, 0.15) is 5.76 Å². The summed E-state index contributed by atoms with van der Waals surface area (Å²) in [5, 5.41) is 12.6. The molecule has 0 aliphatic carbocycles. The minimum Gasteiger partial charge on any atom is -0.468 e. The number of amides is 2. The third-order valence-corrected chi connectivity index (χ3v) is 5.14. The lowest BCUT2D eigenvalue weighted by atomic mass is 9.77. The highest BCUT2D eigenvalue weighted by atomic mass is 16.3. The number of likely N-dealkylation sites (N-methyl/N-ethyl adjacent to an activating group) is 1. The van der Waals surface area contributed by atoms with Crippen molar-refractivity contribution in [3.05, 3.63) is 24.2 Å². The molecule has 0 bridgehead atoms. The highest BCUT2D eigenvalue weighted by Gasteiger charge is 2.34. The first kappa shape index (κ1) is 17.8. The lowest BCUT2D eigenvalue weighted by Gasteiger charge is -2.40. The van der Waals surface area contributed by atoms with Crippen LogP contribution >= 0.6 is 0 Å². The number of urea groups is 1. The Kier molecular flexibility index (Phi) is 6.07. The number of furan rings is 1. The van der Waals surface area contributed by atoms with Gasteiger partial charge in [0.25, 0.3) is 0 Å². The van der Waals surface area contributed by atoms with E-state index in [2.05, 4.69) is 12.2 Å². The molecule has 1 aromatic heterocycles. The minimum absolute atomic E-state index is 0.00286. The molecule has 1 unspecified atom stereocenters. The molecule has 1 fully saturated rings. The van der Waals surface area contributed by atoms with Crippen LogP contribution in [0.25, 0.3) is 0 Å². The van der Waals surface area contributed by atoms with Crippen LogP contribution in [0.3, 0.4) is 0 Å². The number of carbonyl (C=O) groups is 1. The molecule has 6 nitrogen and oxygen atoms in total. The van der Waals surface area contributed by atoms with Gasteiger partial charge in [-0.25, -0.2) is 4.79 Å². The molecule has 6 heteroatoms. The first-order valence-corrected chi connectivity index (χ1v) is 8.35. The molecule has 0 saturated carbocycles. The van der Waals surface area contributed by atoms with Crippen LogP contribution < -0.4 is 5.32 Å². The quantitative estimate of drug-likeness (QED) is 0.841. The van der Waals surface area contributed by atoms with Crippen molar-refractivity contribution in [1.82, 2.24) is 15.1 Å². The number of aliphatic hydroxyl groups excluding tert-OH is 1. The van der Waals surface area contributed by atoms with Crippen molar-refractivity contribution in [2.45, 2.75) is 32.2 Å². The second kappa shape index (κ2) is 7.84. The van der Waals surface area contributed by atoms with Gasteiger partial charge in [0.2, 0.25) is 0 Å². The average molecular weight is 323 g/mol. The zero-order chi connectivity index (χ0) is 16.9. The van der Waals surface area contributed by atoms with Gasteiger partial charge < -0.3 is 19.7 Å². The van der Waals surface area contributed by atoms with Gasteiger partial charge in [-0.05, 0) is 50.9 Å². The van der Waals surface area contributed by atoms with E-state index < -0.39 is 0 Å². The smallest absolute Gasteiger partial charge is 0.317 e. The number of hydrogen-bond donors (Lipinski definition) is 2. The number of nitrogens with one attached hydrogen (secondary N) is 1. The molecule has 0 radical (unpaired) electrons. The molecule has 2 amide bonds. The molecule has 2 rings (SSSR count). The summed E-state index contributed by atoms with van der Waals surface area (Å²) < 4.78 is 5.46. The topological polar surface area (TPSA) is 69.0 Å². The molecule has 1 saturated heterocycles. The molecule has 2 N–H and O–H groups in total. The molecule has 1 aliphatic rings. The Hall–Kier alpha value is -1.53. The largest absolute Gasteiger partial charge is 0.468 e. The van der Waals surface area contributed by atoms with Crippen LogP contribution in [0, 0.1) is 5.41 Å². The van der Waals surface area contributed by atoms with E-state index in [4.69, 9.17) is 4.42 Å². The molecule has 0 spiro atoms. The fourth-order valence-electron chi connectivity index (χ4n) is 3.12. The third-order valence-electron chi connectivity index (χ3n) is 5.14. The van der Waals surface area contributed by atoms with E-state index >= 15 is 0 Å². The fourth-order valence-corrected chi connectivity index (χ4v) is 3.12. The van der Waals surface area contributed by atoms with Crippen molar-refractivity contribution < 1.29 is 14.3 Å². The van der Waals surface area contributed by atoms with Gasteiger partial charge in [0.05, 0.1) is 12.3 Å². The van der Waals surface area contributed by atoms with Crippen LogP contribution in [0.2, 0.25) is 0 Å². The first-order chi connectivity index (χ1) is 11.0. The predicted octanol–water partition coefficient (Wildman–Crippen LogP) is 2.08. The van der Waals surface area contributed by atoms with E-state index in [1.165, 1.54) is 0 Å². The molecular weight excluding hydrogens is 294 g/mol. The van der Waals surface area contributed by atoms with Crippen LogP contribution in [0.15, 0.2) is 22.8 Å². The molecule has 2 heterocycles. The number of hydrogen-bond acceptors (Lipinski definition) is 4. The first-order valence-electron chi connectivity index (χ1n) is 8.35. The lowest BCUT2D eigenvalue weighted by Crippen LogP contribution is -2.49. The summed E-state index contributed by atoms with van der Waals surface area (Å²) in [5.74, 6) is 0.847. The van der Waals surface area contributed by atoms with Crippen molar-refractivity contribution in [3.63, 3.8) is 0 Å². The Balaban J connectivity index is 1.85. The van der Waals surface area contributed by atoms with Crippen molar-refractivity contribution in [3.8, 4) is 0 Å². The van der Waals surface area contributed by atoms with E-state index in [1.807, 2.05) is 36.0 Å². The molecule has 1 aromatic rings. The van der Waals surface area contributed by atoms with Gasteiger partial charge in [-0.2, -0.15) is 0 Å². The summed E-state index contributed by atoms with van der Waals surface area (Å²) in [6.45, 7) is 4.23. The Morgan fingerprint density at radius 2 is 2.17 bits per heavy atom. The maximum absolute atomic E-state index is 12.4. The van der Waals surface area contributed by atoms with Crippen molar-refractivity contribution in [2.75, 3.05) is 40.3 Å². The Morgan fingerprint density at radius 1 is 1.48 bits per heavy atom. The van der Waals surface area contributed by atoms with Gasteiger partial charge in [0, 0.05) is 26.2 Å². The maximum Gasteiger partial charge on any atom is 0.317 e. The molecule has 1 atom stereocenters. The van der Waals surface area contributed by atoms with E-state index in [0.29, 0.717) is 19.6 Å². The van der Waals surface area contributed by atoms with Crippen LogP contribution in [0.1, 0.15) is 38.0 Å². The summed E-state index contributed by atoms with van der Waals surface area (Å²) in [5.41, 5.74) is -0.00286. The van der Waals surface area contributed by atoms with Crippen LogP contribution in [0.4, 0.5) is 4.79 Å². The minimum atomic E-state index is -0.0361. The summed E-state index contributed by atoms with van der Waals surface area (Å²) in [6.07, 6.45) is 4.34. The van der Waals surface area contributed by atoms with Crippen molar-refractivity contribution in [2.24, 2.45) is 5.41 Å². The van der Waals surface area contributed by atoms with E-state index in [1.54, 1.807) is 6.26 Å². The highest BCUT2D eigenvalue weighted by Crippen LogP contribution is 2.34. The van der Waals surface area contributed by atoms with Gasteiger partial charge in [-0.1, -0.05) is 6.92 Å². The summed E-state index contributed by atoms with van der Waals surface area (Å²) >= 11 is 0. The molecule has 23 heavy (non-hydrogen) atoms. The van der Waals surface area contributed by atoms with Crippen LogP contribution in [-0.4, -0.2) is 61.3 Å². The number of nitrogens with zero attached hydrogens (tertiary/aromatic N) is 2. The maximum atomic E-state index is 12.4. The second-order valence-corrected chi connectivity index (χ2v) is 6.68. The number of rotatable bonds is 6. The zero-order valence-electron chi connectivity index (χ0n) is 14.4. The van der Waals surface area contributed by atoms with Crippen LogP contribution in [-0.2, 0) is 0 Å².